The van der Waals surface area contributed by atoms with E-state index in [-0.39, 0.29) is 0 Å². The first-order valence-electron chi connectivity index (χ1n) is 7.63. The van der Waals surface area contributed by atoms with Crippen molar-refractivity contribution < 1.29 is 0 Å². The van der Waals surface area contributed by atoms with Crippen LogP contribution < -0.4 is 5.32 Å². The van der Waals surface area contributed by atoms with Crippen LogP contribution in [0.1, 0.15) is 57.6 Å². The Morgan fingerprint density at radius 1 is 1.37 bits per heavy atom. The molecular formula is C15H26N4. The zero-order valence-electron chi connectivity index (χ0n) is 12.4. The van der Waals surface area contributed by atoms with E-state index in [1.54, 1.807) is 0 Å². The molecule has 106 valence electrons. The second-order valence-corrected chi connectivity index (χ2v) is 7.24. The lowest BCUT2D eigenvalue weighted by molar-refractivity contribution is 0.155. The molecule has 2 unspecified atom stereocenters. The molecule has 2 aliphatic rings. The first kappa shape index (κ1) is 13.1. The second-order valence-electron chi connectivity index (χ2n) is 7.24. The van der Waals surface area contributed by atoms with Gasteiger partial charge in [0.1, 0.15) is 0 Å². The zero-order chi connectivity index (χ0) is 13.5. The van der Waals surface area contributed by atoms with E-state index >= 15 is 0 Å². The van der Waals surface area contributed by atoms with E-state index < -0.39 is 0 Å². The van der Waals surface area contributed by atoms with Gasteiger partial charge < -0.3 is 5.32 Å². The Kier molecular flexibility index (Phi) is 3.37. The van der Waals surface area contributed by atoms with Crippen molar-refractivity contribution in [1.82, 2.24) is 20.3 Å². The quantitative estimate of drug-likeness (QED) is 0.906. The van der Waals surface area contributed by atoms with Crippen molar-refractivity contribution in [2.24, 2.45) is 18.4 Å². The summed E-state index contributed by atoms with van der Waals surface area (Å²) in [7, 11) is 2.02. The van der Waals surface area contributed by atoms with Gasteiger partial charge in [0, 0.05) is 19.0 Å². The third kappa shape index (κ3) is 2.99. The highest BCUT2D eigenvalue weighted by atomic mass is 15.4. The molecule has 0 saturated heterocycles. The molecule has 0 amide bonds. The van der Waals surface area contributed by atoms with Crippen molar-refractivity contribution in [2.75, 3.05) is 6.54 Å². The van der Waals surface area contributed by atoms with Crippen molar-refractivity contribution in [3.05, 3.63) is 11.9 Å². The van der Waals surface area contributed by atoms with E-state index in [4.69, 9.17) is 0 Å². The number of aryl methyl sites for hydroxylation is 1. The summed E-state index contributed by atoms with van der Waals surface area (Å²) in [6.07, 6.45) is 8.63. The molecule has 2 atom stereocenters. The summed E-state index contributed by atoms with van der Waals surface area (Å²) in [5.74, 6) is 1.35. The minimum absolute atomic E-state index is 0.449. The molecule has 0 spiro atoms. The van der Waals surface area contributed by atoms with Crippen LogP contribution >= 0.6 is 0 Å². The van der Waals surface area contributed by atoms with Crippen molar-refractivity contribution in [1.29, 1.82) is 0 Å². The molecular weight excluding hydrogens is 236 g/mol. The van der Waals surface area contributed by atoms with Gasteiger partial charge in [-0.05, 0) is 50.0 Å². The van der Waals surface area contributed by atoms with Gasteiger partial charge in [0.15, 0.2) is 0 Å². The lowest BCUT2D eigenvalue weighted by Gasteiger charge is -2.40. The van der Waals surface area contributed by atoms with Crippen LogP contribution in [0.5, 0.6) is 0 Å². The average molecular weight is 262 g/mol. The minimum atomic E-state index is 0.449. The van der Waals surface area contributed by atoms with Gasteiger partial charge in [-0.2, -0.15) is 0 Å². The largest absolute Gasteiger partial charge is 0.314 e. The minimum Gasteiger partial charge on any atom is -0.314 e. The first-order valence-corrected chi connectivity index (χ1v) is 7.63. The zero-order valence-corrected chi connectivity index (χ0v) is 12.4. The number of nitrogens with one attached hydrogen (secondary N) is 1. The third-order valence-corrected chi connectivity index (χ3v) is 4.91. The van der Waals surface area contributed by atoms with Gasteiger partial charge in [0.05, 0.1) is 11.9 Å². The van der Waals surface area contributed by atoms with Crippen LogP contribution in [0.15, 0.2) is 6.20 Å². The first-order chi connectivity index (χ1) is 9.05. The number of rotatable bonds is 4. The van der Waals surface area contributed by atoms with Gasteiger partial charge >= 0.3 is 0 Å². The van der Waals surface area contributed by atoms with Gasteiger partial charge in [-0.15, -0.1) is 5.10 Å². The lowest BCUT2D eigenvalue weighted by atomic mass is 9.66. The van der Waals surface area contributed by atoms with Crippen LogP contribution in [0.2, 0.25) is 0 Å². The predicted octanol–water partition coefficient (Wildman–Crippen LogP) is 2.48. The van der Waals surface area contributed by atoms with Gasteiger partial charge in [0.25, 0.3) is 0 Å². The molecule has 0 radical (unpaired) electrons. The Hall–Kier alpha value is -0.900. The summed E-state index contributed by atoms with van der Waals surface area (Å²) in [4.78, 5) is 0. The molecule has 2 fully saturated rings. The summed E-state index contributed by atoms with van der Waals surface area (Å²) in [5, 5.41) is 11.9. The molecule has 0 bridgehead atoms. The Balaban J connectivity index is 1.74. The van der Waals surface area contributed by atoms with Gasteiger partial charge in [-0.25, -0.2) is 0 Å². The van der Waals surface area contributed by atoms with Crippen molar-refractivity contribution in [2.45, 2.75) is 57.9 Å². The summed E-state index contributed by atoms with van der Waals surface area (Å²) in [6, 6.07) is 0.806. The molecule has 2 saturated carbocycles. The number of nitrogens with zero attached hydrogens (tertiary/aromatic N) is 3. The van der Waals surface area contributed by atoms with E-state index in [2.05, 4.69) is 29.5 Å². The highest BCUT2D eigenvalue weighted by Crippen LogP contribution is 2.46. The van der Waals surface area contributed by atoms with Crippen LogP contribution in [0.25, 0.3) is 0 Å². The maximum atomic E-state index is 4.13. The SMILES string of the molecule is Cn1nncc1C1CC(C)(C)CCC1CNC1CC1. The molecule has 4 nitrogen and oxygen atoms in total. The fourth-order valence-corrected chi connectivity index (χ4v) is 3.47. The van der Waals surface area contributed by atoms with E-state index in [0.29, 0.717) is 11.3 Å². The highest BCUT2D eigenvalue weighted by molar-refractivity contribution is 5.09. The molecule has 0 aromatic carbocycles. The third-order valence-electron chi connectivity index (χ3n) is 4.91. The summed E-state index contributed by atoms with van der Waals surface area (Å²) in [6.45, 7) is 5.96. The van der Waals surface area contributed by atoms with Crippen LogP contribution in [0.3, 0.4) is 0 Å². The van der Waals surface area contributed by atoms with Gasteiger partial charge in [-0.1, -0.05) is 19.1 Å². The maximum absolute atomic E-state index is 4.13. The van der Waals surface area contributed by atoms with Crippen LogP contribution in [0, 0.1) is 11.3 Å². The molecule has 1 aromatic rings. The van der Waals surface area contributed by atoms with Gasteiger partial charge in [0.2, 0.25) is 0 Å². The predicted molar refractivity (Wildman–Crippen MR) is 75.9 cm³/mol. The number of hydrogen-bond acceptors (Lipinski definition) is 3. The van der Waals surface area contributed by atoms with E-state index in [0.717, 1.165) is 18.5 Å². The Morgan fingerprint density at radius 3 is 2.79 bits per heavy atom. The monoisotopic (exact) mass is 262 g/mol. The number of hydrogen-bond donors (Lipinski definition) is 1. The fourth-order valence-electron chi connectivity index (χ4n) is 3.47. The maximum Gasteiger partial charge on any atom is 0.0728 e. The molecule has 19 heavy (non-hydrogen) atoms. The summed E-state index contributed by atoms with van der Waals surface area (Å²) in [5.41, 5.74) is 1.76. The Labute approximate surface area is 116 Å². The molecule has 1 N–H and O–H groups in total. The van der Waals surface area contributed by atoms with E-state index in [1.165, 1.54) is 37.8 Å². The van der Waals surface area contributed by atoms with Crippen molar-refractivity contribution >= 4 is 0 Å². The van der Waals surface area contributed by atoms with Crippen molar-refractivity contribution in [3.8, 4) is 0 Å². The topological polar surface area (TPSA) is 42.7 Å². The molecule has 3 rings (SSSR count). The van der Waals surface area contributed by atoms with Crippen molar-refractivity contribution in [3.63, 3.8) is 0 Å². The Morgan fingerprint density at radius 2 is 2.16 bits per heavy atom. The van der Waals surface area contributed by atoms with Gasteiger partial charge in [-0.3, -0.25) is 4.68 Å². The normalized spacial score (nSPS) is 30.5. The molecule has 2 aliphatic carbocycles. The number of aromatic nitrogens is 3. The van der Waals surface area contributed by atoms with Crippen LogP contribution in [-0.4, -0.2) is 27.6 Å². The molecule has 4 heteroatoms. The average Bonchev–Trinajstić information content (AvgIpc) is 3.08. The van der Waals surface area contributed by atoms with Crippen LogP contribution in [0.4, 0.5) is 0 Å². The standard InChI is InChI=1S/C15H26N4/c1-15(2)7-6-11(9-16-12-4-5-12)13(8-15)14-10-17-18-19(14)3/h10-13,16H,4-9H2,1-3H3. The van der Waals surface area contributed by atoms with E-state index in [1.807, 2.05) is 17.9 Å². The Bertz CT molecular complexity index is 431. The molecule has 1 heterocycles. The fraction of sp³-hybridized carbons (Fsp3) is 0.867. The molecule has 1 aromatic heterocycles. The second kappa shape index (κ2) is 4.89. The van der Waals surface area contributed by atoms with E-state index in [9.17, 15) is 0 Å². The smallest absolute Gasteiger partial charge is 0.0728 e. The summed E-state index contributed by atoms with van der Waals surface area (Å²) < 4.78 is 1.97. The summed E-state index contributed by atoms with van der Waals surface area (Å²) >= 11 is 0. The molecule has 0 aliphatic heterocycles. The lowest BCUT2D eigenvalue weighted by Crippen LogP contribution is -2.36. The highest BCUT2D eigenvalue weighted by Gasteiger charge is 2.37. The van der Waals surface area contributed by atoms with Crippen LogP contribution in [-0.2, 0) is 7.05 Å².